The van der Waals surface area contributed by atoms with Crippen LogP contribution in [0.3, 0.4) is 0 Å². The van der Waals surface area contributed by atoms with Crippen LogP contribution >= 0.6 is 0 Å². The van der Waals surface area contributed by atoms with Gasteiger partial charge in [0, 0.05) is 11.1 Å². The molecule has 0 aliphatic heterocycles. The van der Waals surface area contributed by atoms with E-state index in [1.165, 1.54) is 55.9 Å². The summed E-state index contributed by atoms with van der Waals surface area (Å²) in [5, 5.41) is 10.9. The summed E-state index contributed by atoms with van der Waals surface area (Å²) in [7, 11) is -1.01. The molecule has 0 saturated heterocycles. The van der Waals surface area contributed by atoms with Gasteiger partial charge in [0.2, 0.25) is 0 Å². The first kappa shape index (κ1) is 26.3. The van der Waals surface area contributed by atoms with E-state index in [2.05, 4.69) is 137 Å². The standard InChI is InChI=1S/C36H38Si2/c1-7-35(3,4)37-17-15-25-13-14-28-21-31-22-29-19-26-11-9-10-12-27(26)20-30(29)23-32(31)24-34(28)33(25)16-18-38-36(5,6)8-2/h9-14,19-24H,7-8,37-38H2,1-6H3. The first-order valence-corrected chi connectivity index (χ1v) is 16.8. The molecule has 5 aromatic carbocycles. The lowest BCUT2D eigenvalue weighted by Gasteiger charge is -2.17. The van der Waals surface area contributed by atoms with Crippen LogP contribution in [-0.4, -0.2) is 19.0 Å². The fraction of sp³-hybridized carbons (Fsp3) is 0.278. The summed E-state index contributed by atoms with van der Waals surface area (Å²) in [6.07, 6.45) is 2.37. The molecule has 190 valence electrons. The molecule has 0 aromatic heterocycles. The molecule has 5 rings (SSSR count). The number of fused-ring (bicyclic) bond motifs is 4. The predicted molar refractivity (Wildman–Crippen MR) is 176 cm³/mol. The van der Waals surface area contributed by atoms with E-state index in [-0.39, 0.29) is 0 Å². The lowest BCUT2D eigenvalue weighted by molar-refractivity contribution is 0.648. The zero-order chi connectivity index (χ0) is 26.9. The molecule has 5 aromatic rings. The molecule has 0 spiro atoms. The summed E-state index contributed by atoms with van der Waals surface area (Å²) < 4.78 is 0. The molecule has 0 bridgehead atoms. The molecule has 0 aliphatic carbocycles. The average molecular weight is 527 g/mol. The Morgan fingerprint density at radius 3 is 1.58 bits per heavy atom. The minimum absolute atomic E-state index is 0.357. The summed E-state index contributed by atoms with van der Waals surface area (Å²) in [5.74, 6) is 7.24. The Morgan fingerprint density at radius 1 is 0.553 bits per heavy atom. The topological polar surface area (TPSA) is 0 Å². The van der Waals surface area contributed by atoms with Crippen LogP contribution in [0.4, 0.5) is 0 Å². The summed E-state index contributed by atoms with van der Waals surface area (Å²) >= 11 is 0. The average Bonchev–Trinajstić information content (AvgIpc) is 2.90. The highest BCUT2D eigenvalue weighted by Crippen LogP contribution is 2.32. The maximum atomic E-state index is 3.67. The molecule has 0 unspecified atom stereocenters. The Hall–Kier alpha value is -3.31. The van der Waals surface area contributed by atoms with Gasteiger partial charge in [0.1, 0.15) is 19.0 Å². The molecule has 0 nitrogen and oxygen atoms in total. The van der Waals surface area contributed by atoms with Crippen molar-refractivity contribution in [2.45, 2.75) is 64.5 Å². The van der Waals surface area contributed by atoms with Crippen molar-refractivity contribution < 1.29 is 0 Å². The molecule has 0 atom stereocenters. The molecule has 0 saturated carbocycles. The number of hydrogen-bond acceptors (Lipinski definition) is 0. The van der Waals surface area contributed by atoms with E-state index in [1.54, 1.807) is 0 Å². The first-order chi connectivity index (χ1) is 18.2. The number of hydrogen-bond donors (Lipinski definition) is 0. The van der Waals surface area contributed by atoms with Crippen LogP contribution in [0.15, 0.2) is 72.8 Å². The van der Waals surface area contributed by atoms with Crippen LogP contribution in [0, 0.1) is 22.9 Å². The highest BCUT2D eigenvalue weighted by molar-refractivity contribution is 6.50. The quantitative estimate of drug-likeness (QED) is 0.125. The van der Waals surface area contributed by atoms with E-state index < -0.39 is 19.0 Å². The van der Waals surface area contributed by atoms with Crippen molar-refractivity contribution in [1.29, 1.82) is 0 Å². The largest absolute Gasteiger partial charge is 0.134 e. The minimum Gasteiger partial charge on any atom is -0.134 e. The van der Waals surface area contributed by atoms with Gasteiger partial charge in [-0.15, -0.1) is 11.1 Å². The van der Waals surface area contributed by atoms with Crippen LogP contribution in [0.2, 0.25) is 10.1 Å². The zero-order valence-electron chi connectivity index (χ0n) is 23.8. The van der Waals surface area contributed by atoms with Crippen molar-refractivity contribution in [3.05, 3.63) is 83.9 Å². The van der Waals surface area contributed by atoms with Gasteiger partial charge >= 0.3 is 0 Å². The normalized spacial score (nSPS) is 12.6. The summed E-state index contributed by atoms with van der Waals surface area (Å²) in [5.41, 5.74) is 9.52. The molecule has 38 heavy (non-hydrogen) atoms. The second-order valence-electron chi connectivity index (χ2n) is 12.3. The van der Waals surface area contributed by atoms with Crippen LogP contribution in [-0.2, 0) is 0 Å². The van der Waals surface area contributed by atoms with Gasteiger partial charge in [-0.1, -0.05) is 96.6 Å². The summed E-state index contributed by atoms with van der Waals surface area (Å²) in [6.45, 7) is 14.0. The molecule has 0 N–H and O–H groups in total. The molecule has 0 heterocycles. The Bertz CT molecular complexity index is 1800. The second kappa shape index (κ2) is 10.5. The fourth-order valence-corrected chi connectivity index (χ4v) is 6.76. The fourth-order valence-electron chi connectivity index (χ4n) is 4.76. The lowest BCUT2D eigenvalue weighted by Crippen LogP contribution is -2.10. The molecular weight excluding hydrogens is 489 g/mol. The minimum atomic E-state index is -0.522. The van der Waals surface area contributed by atoms with Crippen LogP contribution in [0.1, 0.15) is 65.5 Å². The van der Waals surface area contributed by atoms with E-state index in [9.17, 15) is 0 Å². The van der Waals surface area contributed by atoms with Gasteiger partial charge in [0.25, 0.3) is 0 Å². The second-order valence-corrected chi connectivity index (χ2v) is 17.5. The van der Waals surface area contributed by atoms with Gasteiger partial charge in [-0.2, -0.15) is 0 Å². The maximum absolute atomic E-state index is 3.67. The Morgan fingerprint density at radius 2 is 1.03 bits per heavy atom. The van der Waals surface area contributed by atoms with Crippen molar-refractivity contribution in [2.75, 3.05) is 0 Å². The predicted octanol–water partition coefficient (Wildman–Crippen LogP) is 8.47. The Balaban J connectivity index is 1.69. The third-order valence-corrected chi connectivity index (χ3v) is 11.9. The third-order valence-electron chi connectivity index (χ3n) is 8.28. The number of rotatable bonds is 4. The SMILES string of the molecule is CCC(C)(C)[SiH2]C#Cc1ccc2cc3cc4cc5ccccc5cc4cc3cc2c1C#C[SiH2]C(C)(C)CC. The summed E-state index contributed by atoms with van der Waals surface area (Å²) in [4.78, 5) is 0. The molecule has 2 heteroatoms. The van der Waals surface area contributed by atoms with E-state index in [4.69, 9.17) is 0 Å². The van der Waals surface area contributed by atoms with Crippen molar-refractivity contribution in [2.24, 2.45) is 0 Å². The molecule has 0 amide bonds. The molecular formula is C36H38Si2. The van der Waals surface area contributed by atoms with Gasteiger partial charge in [0.15, 0.2) is 0 Å². The van der Waals surface area contributed by atoms with Crippen molar-refractivity contribution >= 4 is 62.1 Å². The Kier molecular flexibility index (Phi) is 7.24. The molecule has 0 fully saturated rings. The van der Waals surface area contributed by atoms with E-state index in [1.807, 2.05) is 0 Å². The van der Waals surface area contributed by atoms with Gasteiger partial charge in [-0.3, -0.25) is 0 Å². The highest BCUT2D eigenvalue weighted by Gasteiger charge is 2.15. The first-order valence-electron chi connectivity index (χ1n) is 14.0. The van der Waals surface area contributed by atoms with Gasteiger partial charge < -0.3 is 0 Å². The van der Waals surface area contributed by atoms with E-state index >= 15 is 0 Å². The van der Waals surface area contributed by atoms with Crippen LogP contribution < -0.4 is 0 Å². The van der Waals surface area contributed by atoms with Crippen molar-refractivity contribution in [3.8, 4) is 22.9 Å². The zero-order valence-corrected chi connectivity index (χ0v) is 26.6. The van der Waals surface area contributed by atoms with Crippen molar-refractivity contribution in [1.82, 2.24) is 0 Å². The molecule has 0 aliphatic rings. The smallest absolute Gasteiger partial charge is 0.113 e. The monoisotopic (exact) mass is 526 g/mol. The maximum Gasteiger partial charge on any atom is 0.113 e. The Labute approximate surface area is 232 Å². The van der Waals surface area contributed by atoms with Gasteiger partial charge in [-0.25, -0.2) is 0 Å². The lowest BCUT2D eigenvalue weighted by atomic mass is 9.94. The van der Waals surface area contributed by atoms with E-state index in [0.29, 0.717) is 10.1 Å². The third kappa shape index (κ3) is 5.58. The van der Waals surface area contributed by atoms with E-state index in [0.717, 1.165) is 11.1 Å². The van der Waals surface area contributed by atoms with Crippen LogP contribution in [0.25, 0.3) is 43.1 Å². The highest BCUT2D eigenvalue weighted by atomic mass is 28.2. The van der Waals surface area contributed by atoms with Gasteiger partial charge in [0.05, 0.1) is 0 Å². The van der Waals surface area contributed by atoms with Crippen LogP contribution in [0.5, 0.6) is 0 Å². The molecule has 0 radical (unpaired) electrons. The van der Waals surface area contributed by atoms with Crippen molar-refractivity contribution in [3.63, 3.8) is 0 Å². The van der Waals surface area contributed by atoms with Gasteiger partial charge in [-0.05, 0) is 95.6 Å². The number of benzene rings is 5. The summed E-state index contributed by atoms with van der Waals surface area (Å²) in [6, 6.07) is 27.1.